The summed E-state index contributed by atoms with van der Waals surface area (Å²) in [6.07, 6.45) is 0.936. The zero-order valence-corrected chi connectivity index (χ0v) is 14.2. The maximum absolute atomic E-state index is 5.76. The fourth-order valence-corrected chi connectivity index (χ4v) is 3.24. The van der Waals surface area contributed by atoms with Crippen molar-refractivity contribution in [3.63, 3.8) is 0 Å². The lowest BCUT2D eigenvalue weighted by Crippen LogP contribution is -2.05. The molecule has 3 nitrogen and oxygen atoms in total. The van der Waals surface area contributed by atoms with Crippen molar-refractivity contribution in [3.05, 3.63) is 49.9 Å². The van der Waals surface area contributed by atoms with Gasteiger partial charge in [0.05, 0.1) is 24.4 Å². The molecule has 0 amide bonds. The van der Waals surface area contributed by atoms with Crippen molar-refractivity contribution in [2.24, 2.45) is 0 Å². The molecule has 1 aromatic carbocycles. The number of nitrogens with zero attached hydrogens (tertiary/aromatic N) is 1. The number of nitrogens with one attached hydrogen (secondary N) is 1. The van der Waals surface area contributed by atoms with Crippen LogP contribution < -0.4 is 5.32 Å². The maximum Gasteiger partial charge on any atom is 0.0797 e. The van der Waals surface area contributed by atoms with Crippen LogP contribution in [0.3, 0.4) is 0 Å². The Labute approximate surface area is 132 Å². The Morgan fingerprint density at radius 2 is 2.25 bits per heavy atom. The number of ether oxygens (including phenoxy) is 1. The molecule has 0 radical (unpaired) electrons. The summed E-state index contributed by atoms with van der Waals surface area (Å²) in [5, 5.41) is 3.15. The Hall–Kier alpha value is -0.750. The van der Waals surface area contributed by atoms with Crippen molar-refractivity contribution >= 4 is 27.3 Å². The van der Waals surface area contributed by atoms with Crippen molar-refractivity contribution in [2.45, 2.75) is 26.5 Å². The van der Waals surface area contributed by atoms with Gasteiger partial charge in [-0.25, -0.2) is 4.98 Å². The van der Waals surface area contributed by atoms with E-state index in [0.29, 0.717) is 6.61 Å². The number of benzene rings is 1. The van der Waals surface area contributed by atoms with Gasteiger partial charge in [-0.1, -0.05) is 28.1 Å². The van der Waals surface area contributed by atoms with E-state index in [9.17, 15) is 0 Å². The number of rotatable bonds is 7. The zero-order valence-electron chi connectivity index (χ0n) is 11.8. The molecular weight excluding hydrogens is 336 g/mol. The standard InChI is InChI=1S/C15H19BrN2OS/c1-11-15(20-10-18-11)5-6-19-9-13-4-3-12(8-17-2)7-14(13)16/h3-4,7,10,17H,5-6,8-9H2,1-2H3. The lowest BCUT2D eigenvalue weighted by molar-refractivity contribution is 0.124. The summed E-state index contributed by atoms with van der Waals surface area (Å²) in [6.45, 7) is 4.29. The number of aromatic nitrogens is 1. The molecule has 0 fully saturated rings. The lowest BCUT2D eigenvalue weighted by atomic mass is 10.1. The van der Waals surface area contributed by atoms with E-state index >= 15 is 0 Å². The van der Waals surface area contributed by atoms with Gasteiger partial charge >= 0.3 is 0 Å². The number of aryl methyl sites for hydroxylation is 1. The van der Waals surface area contributed by atoms with Gasteiger partial charge in [0.25, 0.3) is 0 Å². The van der Waals surface area contributed by atoms with Crippen molar-refractivity contribution in [2.75, 3.05) is 13.7 Å². The van der Waals surface area contributed by atoms with E-state index in [-0.39, 0.29) is 0 Å². The molecular formula is C15H19BrN2OS. The monoisotopic (exact) mass is 354 g/mol. The lowest BCUT2D eigenvalue weighted by Gasteiger charge is -2.08. The molecule has 1 aromatic heterocycles. The molecule has 2 aromatic rings. The maximum atomic E-state index is 5.76. The van der Waals surface area contributed by atoms with Gasteiger partial charge < -0.3 is 10.1 Å². The van der Waals surface area contributed by atoms with Gasteiger partial charge in [-0.05, 0) is 31.2 Å². The van der Waals surface area contributed by atoms with Crippen LogP contribution in [0.1, 0.15) is 21.7 Å². The van der Waals surface area contributed by atoms with Crippen LogP contribution in [0.25, 0.3) is 0 Å². The fraction of sp³-hybridized carbons (Fsp3) is 0.400. The summed E-state index contributed by atoms with van der Waals surface area (Å²) in [7, 11) is 1.95. The first-order valence-electron chi connectivity index (χ1n) is 6.59. The normalized spacial score (nSPS) is 10.9. The molecule has 0 saturated heterocycles. The van der Waals surface area contributed by atoms with Crippen LogP contribution in [0, 0.1) is 6.92 Å². The predicted octanol–water partition coefficient (Wildman–Crippen LogP) is 3.69. The predicted molar refractivity (Wildman–Crippen MR) is 87.1 cm³/mol. The summed E-state index contributed by atoms with van der Waals surface area (Å²) in [6, 6.07) is 6.39. The van der Waals surface area contributed by atoms with Gasteiger partial charge in [-0.3, -0.25) is 0 Å². The van der Waals surface area contributed by atoms with Gasteiger partial charge in [-0.2, -0.15) is 0 Å². The third kappa shape index (κ3) is 4.38. The second-order valence-corrected chi connectivity index (χ2v) is 6.41. The molecule has 0 saturated carbocycles. The van der Waals surface area contributed by atoms with E-state index in [2.05, 4.69) is 44.4 Å². The summed E-state index contributed by atoms with van der Waals surface area (Å²) < 4.78 is 6.87. The van der Waals surface area contributed by atoms with Crippen LogP contribution in [0.15, 0.2) is 28.2 Å². The van der Waals surface area contributed by atoms with E-state index in [1.807, 2.05) is 19.5 Å². The van der Waals surface area contributed by atoms with Gasteiger partial charge in [-0.15, -0.1) is 11.3 Å². The first kappa shape index (κ1) is 15.6. The van der Waals surface area contributed by atoms with E-state index in [1.165, 1.54) is 16.0 Å². The van der Waals surface area contributed by atoms with Gasteiger partial charge in [0, 0.05) is 22.3 Å². The number of hydrogen-bond donors (Lipinski definition) is 1. The highest BCUT2D eigenvalue weighted by atomic mass is 79.9. The van der Waals surface area contributed by atoms with E-state index in [1.54, 1.807) is 11.3 Å². The summed E-state index contributed by atoms with van der Waals surface area (Å²) in [5.41, 5.74) is 5.47. The summed E-state index contributed by atoms with van der Waals surface area (Å²) >= 11 is 5.30. The highest BCUT2D eigenvalue weighted by Crippen LogP contribution is 2.20. The Morgan fingerprint density at radius 1 is 1.40 bits per heavy atom. The van der Waals surface area contributed by atoms with E-state index < -0.39 is 0 Å². The van der Waals surface area contributed by atoms with Crippen LogP contribution in [0.2, 0.25) is 0 Å². The molecule has 0 aliphatic heterocycles. The van der Waals surface area contributed by atoms with Crippen LogP contribution in [0.4, 0.5) is 0 Å². The molecule has 0 aliphatic carbocycles. The largest absolute Gasteiger partial charge is 0.376 e. The first-order valence-corrected chi connectivity index (χ1v) is 8.26. The molecule has 0 aliphatic rings. The van der Waals surface area contributed by atoms with Crippen LogP contribution >= 0.6 is 27.3 Å². The van der Waals surface area contributed by atoms with Crippen LogP contribution in [0.5, 0.6) is 0 Å². The van der Waals surface area contributed by atoms with Gasteiger partial charge in [0.2, 0.25) is 0 Å². The number of halogens is 1. The van der Waals surface area contributed by atoms with E-state index in [0.717, 1.165) is 29.7 Å². The molecule has 1 N–H and O–H groups in total. The number of hydrogen-bond acceptors (Lipinski definition) is 4. The minimum absolute atomic E-state index is 0.637. The molecule has 1 heterocycles. The Balaban J connectivity index is 1.80. The second kappa shape index (κ2) is 7.88. The van der Waals surface area contributed by atoms with Crippen LogP contribution in [-0.2, 0) is 24.3 Å². The SMILES string of the molecule is CNCc1ccc(COCCc2scnc2C)c(Br)c1. The Bertz CT molecular complexity index is 557. The Kier molecular flexibility index (Phi) is 6.16. The molecule has 5 heteroatoms. The summed E-state index contributed by atoms with van der Waals surface area (Å²) in [4.78, 5) is 5.56. The highest BCUT2D eigenvalue weighted by Gasteiger charge is 2.04. The Morgan fingerprint density at radius 3 is 2.90 bits per heavy atom. The first-order chi connectivity index (χ1) is 9.70. The molecule has 20 heavy (non-hydrogen) atoms. The molecule has 0 bridgehead atoms. The van der Waals surface area contributed by atoms with Crippen molar-refractivity contribution in [1.82, 2.24) is 10.3 Å². The highest BCUT2D eigenvalue weighted by molar-refractivity contribution is 9.10. The van der Waals surface area contributed by atoms with E-state index in [4.69, 9.17) is 4.74 Å². The van der Waals surface area contributed by atoms with Crippen molar-refractivity contribution < 1.29 is 4.74 Å². The molecule has 0 unspecified atom stereocenters. The second-order valence-electron chi connectivity index (χ2n) is 4.62. The smallest absolute Gasteiger partial charge is 0.0797 e. The van der Waals surface area contributed by atoms with Gasteiger partial charge in [0.15, 0.2) is 0 Å². The average Bonchev–Trinajstić information content (AvgIpc) is 2.83. The average molecular weight is 355 g/mol. The number of thiazole rings is 1. The third-order valence-corrected chi connectivity index (χ3v) is 4.81. The quantitative estimate of drug-likeness (QED) is 0.769. The molecule has 2 rings (SSSR count). The van der Waals surface area contributed by atoms with Gasteiger partial charge in [0.1, 0.15) is 0 Å². The minimum atomic E-state index is 0.637. The fourth-order valence-electron chi connectivity index (χ4n) is 1.94. The topological polar surface area (TPSA) is 34.1 Å². The van der Waals surface area contributed by atoms with Crippen molar-refractivity contribution in [3.8, 4) is 0 Å². The molecule has 0 atom stereocenters. The molecule has 108 valence electrons. The van der Waals surface area contributed by atoms with Crippen molar-refractivity contribution in [1.29, 1.82) is 0 Å². The third-order valence-electron chi connectivity index (χ3n) is 3.07. The molecule has 0 spiro atoms. The van der Waals surface area contributed by atoms with Crippen LogP contribution in [-0.4, -0.2) is 18.6 Å². The zero-order chi connectivity index (χ0) is 14.4. The summed E-state index contributed by atoms with van der Waals surface area (Å²) in [5.74, 6) is 0. The minimum Gasteiger partial charge on any atom is -0.376 e.